The Hall–Kier alpha value is -2.97. The minimum atomic E-state index is -0.488. The highest BCUT2D eigenvalue weighted by Gasteiger charge is 2.15. The molecule has 0 aliphatic carbocycles. The van der Waals surface area contributed by atoms with Gasteiger partial charge in [0, 0.05) is 15.7 Å². The zero-order chi connectivity index (χ0) is 23.1. The van der Waals surface area contributed by atoms with E-state index in [1.165, 1.54) is 6.21 Å². The first-order chi connectivity index (χ1) is 15.3. The molecule has 8 heteroatoms. The van der Waals surface area contributed by atoms with Gasteiger partial charge in [-0.05, 0) is 65.7 Å². The number of para-hydroxylation sites is 1. The van der Waals surface area contributed by atoms with Gasteiger partial charge in [0.15, 0.2) is 5.75 Å². The maximum Gasteiger partial charge on any atom is 0.343 e. The summed E-state index contributed by atoms with van der Waals surface area (Å²) >= 11 is 6.84. The molecule has 2 N–H and O–H groups in total. The van der Waals surface area contributed by atoms with Crippen LogP contribution in [0.25, 0.3) is 0 Å². The Kier molecular flexibility index (Phi) is 8.19. The first kappa shape index (κ1) is 23.7. The Morgan fingerprint density at radius 1 is 1.03 bits per heavy atom. The number of benzene rings is 3. The van der Waals surface area contributed by atoms with Crippen molar-refractivity contribution in [3.05, 3.63) is 91.9 Å². The number of carbonyl (C=O) groups is 2. The summed E-state index contributed by atoms with van der Waals surface area (Å²) in [4.78, 5) is 24.7. The first-order valence-corrected chi connectivity index (χ1v) is 11.3. The van der Waals surface area contributed by atoms with Crippen LogP contribution >= 0.6 is 31.9 Å². The molecule has 0 aliphatic heterocycles. The molecule has 32 heavy (non-hydrogen) atoms. The van der Waals surface area contributed by atoms with Gasteiger partial charge in [0.25, 0.3) is 5.91 Å². The van der Waals surface area contributed by atoms with Crippen molar-refractivity contribution in [1.82, 2.24) is 5.43 Å². The monoisotopic (exact) mass is 557 g/mol. The van der Waals surface area contributed by atoms with Gasteiger partial charge >= 0.3 is 5.97 Å². The molecular formula is C24H21Br2N3O3. The summed E-state index contributed by atoms with van der Waals surface area (Å²) in [6.45, 7) is 3.93. The Bertz CT molecular complexity index is 1180. The summed E-state index contributed by atoms with van der Waals surface area (Å²) in [6.07, 6.45) is 1.43. The lowest BCUT2D eigenvalue weighted by atomic mass is 10.1. The van der Waals surface area contributed by atoms with E-state index in [2.05, 4.69) is 47.7 Å². The molecule has 0 fully saturated rings. The fourth-order valence-electron chi connectivity index (χ4n) is 2.87. The van der Waals surface area contributed by atoms with Crippen molar-refractivity contribution in [3.63, 3.8) is 0 Å². The van der Waals surface area contributed by atoms with Crippen molar-refractivity contribution in [1.29, 1.82) is 0 Å². The zero-order valence-corrected chi connectivity index (χ0v) is 20.7. The predicted molar refractivity (Wildman–Crippen MR) is 133 cm³/mol. The van der Waals surface area contributed by atoms with Gasteiger partial charge in [-0.2, -0.15) is 5.10 Å². The number of hydrogen-bond donors (Lipinski definition) is 2. The fraction of sp³-hybridized carbons (Fsp3) is 0.125. The van der Waals surface area contributed by atoms with Gasteiger partial charge in [0.05, 0.1) is 22.8 Å². The summed E-state index contributed by atoms with van der Waals surface area (Å²) in [5.74, 6) is -0.495. The molecule has 0 radical (unpaired) electrons. The second-order valence-electron chi connectivity index (χ2n) is 7.03. The normalized spacial score (nSPS) is 10.8. The van der Waals surface area contributed by atoms with E-state index in [1.807, 2.05) is 44.2 Å². The third-order valence-corrected chi connectivity index (χ3v) is 5.51. The maximum absolute atomic E-state index is 12.6. The SMILES string of the molecule is Cc1cccc(C(=O)Oc2c(Br)cc(Br)cc2/C=N\NC(=O)CNc2ccccc2C)c1. The topological polar surface area (TPSA) is 79.8 Å². The summed E-state index contributed by atoms with van der Waals surface area (Å²) in [7, 11) is 0. The molecule has 0 spiro atoms. The lowest BCUT2D eigenvalue weighted by Crippen LogP contribution is -2.26. The summed E-state index contributed by atoms with van der Waals surface area (Å²) < 4.78 is 6.95. The van der Waals surface area contributed by atoms with Gasteiger partial charge in [0.2, 0.25) is 0 Å². The smallest absolute Gasteiger partial charge is 0.343 e. The fourth-order valence-corrected chi connectivity index (χ4v) is 4.21. The van der Waals surface area contributed by atoms with E-state index in [9.17, 15) is 9.59 Å². The molecule has 164 valence electrons. The van der Waals surface area contributed by atoms with E-state index >= 15 is 0 Å². The maximum atomic E-state index is 12.6. The van der Waals surface area contributed by atoms with Crippen LogP contribution in [-0.4, -0.2) is 24.6 Å². The van der Waals surface area contributed by atoms with Crippen LogP contribution < -0.4 is 15.5 Å². The van der Waals surface area contributed by atoms with Crippen LogP contribution in [0.2, 0.25) is 0 Å². The van der Waals surface area contributed by atoms with Crippen molar-refractivity contribution in [3.8, 4) is 5.75 Å². The third kappa shape index (κ3) is 6.51. The van der Waals surface area contributed by atoms with Crippen molar-refractivity contribution < 1.29 is 14.3 Å². The van der Waals surface area contributed by atoms with Crippen LogP contribution in [-0.2, 0) is 4.79 Å². The number of esters is 1. The Labute approximate surface area is 203 Å². The van der Waals surface area contributed by atoms with Crippen molar-refractivity contribution in [2.24, 2.45) is 5.10 Å². The minimum absolute atomic E-state index is 0.0690. The number of hydrazone groups is 1. The van der Waals surface area contributed by atoms with Crippen LogP contribution in [0, 0.1) is 13.8 Å². The van der Waals surface area contributed by atoms with Gasteiger partial charge in [-0.25, -0.2) is 10.2 Å². The summed E-state index contributed by atoms with van der Waals surface area (Å²) in [6, 6.07) is 18.4. The zero-order valence-electron chi connectivity index (χ0n) is 17.5. The molecule has 3 aromatic carbocycles. The van der Waals surface area contributed by atoms with Gasteiger partial charge in [0.1, 0.15) is 0 Å². The summed E-state index contributed by atoms with van der Waals surface area (Å²) in [5.41, 5.74) is 6.32. The number of nitrogens with zero attached hydrogens (tertiary/aromatic N) is 1. The van der Waals surface area contributed by atoms with E-state index in [4.69, 9.17) is 4.74 Å². The number of halogens is 2. The molecule has 1 amide bonds. The molecule has 0 bridgehead atoms. The van der Waals surface area contributed by atoms with Gasteiger partial charge in [-0.15, -0.1) is 0 Å². The Morgan fingerprint density at radius 2 is 1.81 bits per heavy atom. The van der Waals surface area contributed by atoms with E-state index in [1.54, 1.807) is 30.3 Å². The van der Waals surface area contributed by atoms with E-state index < -0.39 is 5.97 Å². The molecule has 0 heterocycles. The number of aryl methyl sites for hydroxylation is 2. The number of rotatable bonds is 7. The van der Waals surface area contributed by atoms with Gasteiger partial charge in [-0.1, -0.05) is 51.8 Å². The molecule has 0 saturated carbocycles. The highest BCUT2D eigenvalue weighted by Crippen LogP contribution is 2.32. The van der Waals surface area contributed by atoms with E-state index in [-0.39, 0.29) is 12.5 Å². The van der Waals surface area contributed by atoms with Crippen molar-refractivity contribution in [2.45, 2.75) is 13.8 Å². The van der Waals surface area contributed by atoms with E-state index in [0.717, 1.165) is 21.3 Å². The second kappa shape index (κ2) is 11.1. The molecule has 0 unspecified atom stereocenters. The van der Waals surface area contributed by atoms with Crippen molar-refractivity contribution >= 4 is 55.6 Å². The number of ether oxygens (including phenoxy) is 1. The lowest BCUT2D eigenvalue weighted by Gasteiger charge is -2.11. The first-order valence-electron chi connectivity index (χ1n) is 9.73. The summed E-state index contributed by atoms with van der Waals surface area (Å²) in [5, 5.41) is 7.09. The highest BCUT2D eigenvalue weighted by molar-refractivity contribution is 9.11. The van der Waals surface area contributed by atoms with Crippen LogP contribution in [0.15, 0.2) is 74.7 Å². The highest BCUT2D eigenvalue weighted by atomic mass is 79.9. The van der Waals surface area contributed by atoms with Gasteiger partial charge < -0.3 is 10.1 Å². The largest absolute Gasteiger partial charge is 0.421 e. The Morgan fingerprint density at radius 3 is 2.56 bits per heavy atom. The molecule has 6 nitrogen and oxygen atoms in total. The van der Waals surface area contributed by atoms with Gasteiger partial charge in [-0.3, -0.25) is 4.79 Å². The van der Waals surface area contributed by atoms with E-state index in [0.29, 0.717) is 21.3 Å². The molecule has 0 atom stereocenters. The second-order valence-corrected chi connectivity index (χ2v) is 8.80. The predicted octanol–water partition coefficient (Wildman–Crippen LogP) is 5.61. The Balaban J connectivity index is 1.69. The van der Waals surface area contributed by atoms with Crippen LogP contribution in [0.3, 0.4) is 0 Å². The van der Waals surface area contributed by atoms with Crippen molar-refractivity contribution in [2.75, 3.05) is 11.9 Å². The minimum Gasteiger partial charge on any atom is -0.421 e. The molecule has 0 aromatic heterocycles. The molecule has 3 rings (SSSR count). The van der Waals surface area contributed by atoms with Crippen LogP contribution in [0.4, 0.5) is 5.69 Å². The van der Waals surface area contributed by atoms with Crippen LogP contribution in [0.5, 0.6) is 5.75 Å². The quantitative estimate of drug-likeness (QED) is 0.171. The third-order valence-electron chi connectivity index (χ3n) is 4.46. The average Bonchev–Trinajstić information content (AvgIpc) is 2.75. The number of anilines is 1. The lowest BCUT2D eigenvalue weighted by molar-refractivity contribution is -0.119. The average molecular weight is 559 g/mol. The number of carbonyl (C=O) groups excluding carboxylic acids is 2. The molecule has 0 saturated heterocycles. The molecular weight excluding hydrogens is 538 g/mol. The molecule has 3 aromatic rings. The number of hydrogen-bond acceptors (Lipinski definition) is 5. The number of amides is 1. The number of nitrogens with one attached hydrogen (secondary N) is 2. The standard InChI is InChI=1S/C24H21Br2N3O3/c1-15-6-5-8-17(10-15)24(31)32-23-18(11-19(25)12-20(23)26)13-28-29-22(30)14-27-21-9-4-3-7-16(21)2/h3-13,27H,14H2,1-2H3,(H,29,30)/b28-13-. The molecule has 0 aliphatic rings. The van der Waals surface area contributed by atoms with Crippen LogP contribution in [0.1, 0.15) is 27.0 Å².